The monoisotopic (exact) mass is 346 g/mol. The second-order valence-electron chi connectivity index (χ2n) is 5.67. The third-order valence-corrected chi connectivity index (χ3v) is 4.32. The van der Waals surface area contributed by atoms with E-state index in [9.17, 15) is 13.6 Å². The van der Waals surface area contributed by atoms with Crippen molar-refractivity contribution in [2.24, 2.45) is 0 Å². The normalized spacial score (nSPS) is 21.5. The molecule has 0 bridgehead atoms. The van der Waals surface area contributed by atoms with Gasteiger partial charge in [0.05, 0.1) is 31.5 Å². The number of rotatable bonds is 2. The van der Waals surface area contributed by atoms with E-state index < -0.39 is 12.3 Å². The number of halogens is 3. The highest BCUT2D eigenvalue weighted by Crippen LogP contribution is 2.30. The number of morpholine rings is 1. The van der Waals surface area contributed by atoms with Crippen molar-refractivity contribution >= 4 is 23.3 Å². The third kappa shape index (κ3) is 3.23. The molecule has 1 fully saturated rings. The maximum absolute atomic E-state index is 12.6. The summed E-state index contributed by atoms with van der Waals surface area (Å²) in [5, 5.41) is 0.0591. The van der Waals surface area contributed by atoms with Gasteiger partial charge >= 0.3 is 6.43 Å². The largest absolute Gasteiger partial charge is 0.377 e. The average Bonchev–Trinajstić information content (AvgIpc) is 2.53. The molecule has 23 heavy (non-hydrogen) atoms. The van der Waals surface area contributed by atoms with E-state index in [0.29, 0.717) is 31.9 Å². The van der Waals surface area contributed by atoms with Crippen molar-refractivity contribution in [2.45, 2.75) is 32.4 Å². The summed E-state index contributed by atoms with van der Waals surface area (Å²) in [7, 11) is 0. The molecule has 126 valence electrons. The predicted octanol–water partition coefficient (Wildman–Crippen LogP) is 1.50. The minimum absolute atomic E-state index is 0.0342. The first kappa shape index (κ1) is 16.3. The van der Waals surface area contributed by atoms with Crippen LogP contribution in [-0.4, -0.2) is 59.5 Å². The van der Waals surface area contributed by atoms with Crippen LogP contribution in [0.4, 0.5) is 14.6 Å². The number of carbonyl (C=O) groups is 1. The number of carbonyl (C=O) groups excluding carboxylic acids is 1. The first-order chi connectivity index (χ1) is 11.0. The van der Waals surface area contributed by atoms with Gasteiger partial charge in [-0.15, -0.1) is 0 Å². The lowest BCUT2D eigenvalue weighted by molar-refractivity contribution is -0.143. The summed E-state index contributed by atoms with van der Waals surface area (Å²) in [6.45, 7) is 4.15. The van der Waals surface area contributed by atoms with E-state index in [4.69, 9.17) is 16.3 Å². The lowest BCUT2D eigenvalue weighted by Crippen LogP contribution is -2.46. The third-order valence-electron chi connectivity index (χ3n) is 4.15. The Balaban J connectivity index is 1.92. The molecule has 0 saturated carbocycles. The molecule has 1 unspecified atom stereocenters. The average molecular weight is 347 g/mol. The van der Waals surface area contributed by atoms with E-state index in [1.54, 1.807) is 0 Å². The second-order valence-corrected chi connectivity index (χ2v) is 6.01. The van der Waals surface area contributed by atoms with Crippen molar-refractivity contribution in [3.8, 4) is 0 Å². The molecule has 0 radical (unpaired) electrons. The zero-order valence-electron chi connectivity index (χ0n) is 12.6. The number of hydrogen-bond donors (Lipinski definition) is 0. The van der Waals surface area contributed by atoms with Gasteiger partial charge in [0.1, 0.15) is 5.82 Å². The summed E-state index contributed by atoms with van der Waals surface area (Å²) in [6.07, 6.45) is -2.57. The van der Waals surface area contributed by atoms with Crippen LogP contribution < -0.4 is 4.90 Å². The molecule has 3 heterocycles. The molecule has 6 nitrogen and oxygen atoms in total. The zero-order valence-corrected chi connectivity index (χ0v) is 13.4. The molecule has 0 aromatic carbocycles. The lowest BCUT2D eigenvalue weighted by Gasteiger charge is -2.37. The van der Waals surface area contributed by atoms with Crippen LogP contribution in [0.15, 0.2) is 0 Å². The van der Waals surface area contributed by atoms with E-state index in [0.717, 1.165) is 16.3 Å². The minimum Gasteiger partial charge on any atom is -0.377 e. The molecule has 0 N–H and O–H groups in total. The number of fused-ring (bicyclic) bond motifs is 1. The summed E-state index contributed by atoms with van der Waals surface area (Å²) in [5.41, 5.74) is 1.42. The Morgan fingerprint density at radius 2 is 2.17 bits per heavy atom. The minimum atomic E-state index is -3.01. The molecule has 1 aromatic rings. The van der Waals surface area contributed by atoms with Crippen molar-refractivity contribution in [1.29, 1.82) is 0 Å². The summed E-state index contributed by atoms with van der Waals surface area (Å²) >= 11 is 6.01. The van der Waals surface area contributed by atoms with Crippen LogP contribution in [0.5, 0.6) is 0 Å². The van der Waals surface area contributed by atoms with E-state index in [2.05, 4.69) is 14.9 Å². The Kier molecular flexibility index (Phi) is 4.63. The summed E-state index contributed by atoms with van der Waals surface area (Å²) in [6, 6.07) is 0.138. The molecule has 2 aliphatic rings. The van der Waals surface area contributed by atoms with E-state index >= 15 is 0 Å². The Bertz CT molecular complexity index is 617. The SMILES string of the molecule is CC1COCCN1c1nc(Cl)nc2c1CCN(C(=O)C(F)F)C2. The van der Waals surface area contributed by atoms with Gasteiger partial charge in [-0.3, -0.25) is 4.79 Å². The maximum atomic E-state index is 12.6. The first-order valence-electron chi connectivity index (χ1n) is 7.44. The van der Waals surface area contributed by atoms with Gasteiger partial charge in [-0.2, -0.15) is 8.78 Å². The van der Waals surface area contributed by atoms with Gasteiger partial charge < -0.3 is 14.5 Å². The maximum Gasteiger partial charge on any atom is 0.315 e. The quantitative estimate of drug-likeness (QED) is 0.760. The molecule has 1 saturated heterocycles. The molecule has 0 aliphatic carbocycles. The fraction of sp³-hybridized carbons (Fsp3) is 0.643. The number of ether oxygens (including phenoxy) is 1. The molecule has 3 rings (SSSR count). The van der Waals surface area contributed by atoms with Crippen molar-refractivity contribution in [3.05, 3.63) is 16.5 Å². The Labute approximate surface area is 137 Å². The van der Waals surface area contributed by atoms with Gasteiger partial charge in [0.15, 0.2) is 0 Å². The first-order valence-corrected chi connectivity index (χ1v) is 7.81. The van der Waals surface area contributed by atoms with Crippen molar-refractivity contribution in [2.75, 3.05) is 31.2 Å². The zero-order chi connectivity index (χ0) is 16.6. The number of alkyl halides is 2. The highest BCUT2D eigenvalue weighted by atomic mass is 35.5. The predicted molar refractivity (Wildman–Crippen MR) is 79.8 cm³/mol. The van der Waals surface area contributed by atoms with Gasteiger partial charge in [-0.25, -0.2) is 9.97 Å². The number of anilines is 1. The second kappa shape index (κ2) is 6.52. The fourth-order valence-electron chi connectivity index (χ4n) is 2.99. The van der Waals surface area contributed by atoms with Crippen LogP contribution in [0.3, 0.4) is 0 Å². The highest BCUT2D eigenvalue weighted by Gasteiger charge is 2.32. The molecule has 2 aliphatic heterocycles. The van der Waals surface area contributed by atoms with Crippen LogP contribution in [0.1, 0.15) is 18.2 Å². The van der Waals surface area contributed by atoms with E-state index in [1.165, 1.54) is 0 Å². The van der Waals surface area contributed by atoms with E-state index in [-0.39, 0.29) is 24.4 Å². The van der Waals surface area contributed by atoms with Crippen LogP contribution in [-0.2, 0) is 22.5 Å². The summed E-state index contributed by atoms with van der Waals surface area (Å²) in [5.74, 6) is -0.452. The van der Waals surface area contributed by atoms with Gasteiger partial charge in [-0.1, -0.05) is 0 Å². The number of aromatic nitrogens is 2. The number of hydrogen-bond acceptors (Lipinski definition) is 5. The van der Waals surface area contributed by atoms with Crippen molar-refractivity contribution < 1.29 is 18.3 Å². The van der Waals surface area contributed by atoms with Crippen molar-refractivity contribution in [1.82, 2.24) is 14.9 Å². The smallest absolute Gasteiger partial charge is 0.315 e. The van der Waals surface area contributed by atoms with Crippen LogP contribution in [0.2, 0.25) is 5.28 Å². The molecule has 1 aromatic heterocycles. The van der Waals surface area contributed by atoms with Gasteiger partial charge in [0.2, 0.25) is 5.28 Å². The molecule has 1 amide bonds. The summed E-state index contributed by atoms with van der Waals surface area (Å²) in [4.78, 5) is 23.2. The Morgan fingerprint density at radius 1 is 1.39 bits per heavy atom. The molecular weight excluding hydrogens is 330 g/mol. The Hall–Kier alpha value is -1.54. The lowest BCUT2D eigenvalue weighted by atomic mass is 10.0. The highest BCUT2D eigenvalue weighted by molar-refractivity contribution is 6.28. The van der Waals surface area contributed by atoms with Gasteiger partial charge in [-0.05, 0) is 24.9 Å². The number of amides is 1. The van der Waals surface area contributed by atoms with Crippen molar-refractivity contribution in [3.63, 3.8) is 0 Å². The van der Waals surface area contributed by atoms with Crippen LogP contribution in [0, 0.1) is 0 Å². The molecule has 0 spiro atoms. The molecular formula is C14H17ClF2N4O2. The standard InChI is InChI=1S/C14H17ClF2N4O2/c1-8-7-23-5-4-21(8)12-9-2-3-20(13(22)11(16)17)6-10(9)18-14(15)19-12/h8,11H,2-7H2,1H3. The van der Waals surface area contributed by atoms with Crippen LogP contribution in [0.25, 0.3) is 0 Å². The Morgan fingerprint density at radius 3 is 2.87 bits per heavy atom. The number of nitrogens with zero attached hydrogens (tertiary/aromatic N) is 4. The fourth-order valence-corrected chi connectivity index (χ4v) is 3.17. The van der Waals surface area contributed by atoms with Gasteiger partial charge in [0.25, 0.3) is 5.91 Å². The van der Waals surface area contributed by atoms with Crippen LogP contribution >= 0.6 is 11.6 Å². The molecule has 1 atom stereocenters. The topological polar surface area (TPSA) is 58.6 Å². The molecule has 9 heteroatoms. The summed E-state index contributed by atoms with van der Waals surface area (Å²) < 4.78 is 30.7. The van der Waals surface area contributed by atoms with Gasteiger partial charge in [0, 0.05) is 18.7 Å². The van der Waals surface area contributed by atoms with E-state index in [1.807, 2.05) is 6.92 Å².